The molecular formula is C17H15N3O5. The Labute approximate surface area is 142 Å². The molecule has 0 radical (unpaired) electrons. The predicted octanol–water partition coefficient (Wildman–Crippen LogP) is 1.74. The third-order valence-electron chi connectivity index (χ3n) is 3.62. The summed E-state index contributed by atoms with van der Waals surface area (Å²) in [7, 11) is 0. The maximum atomic E-state index is 12.3. The topological polar surface area (TPSA) is 107 Å². The molecule has 0 bridgehead atoms. The van der Waals surface area contributed by atoms with Gasteiger partial charge in [-0.3, -0.25) is 14.9 Å². The molecule has 1 heterocycles. The third-order valence-corrected chi connectivity index (χ3v) is 3.62. The summed E-state index contributed by atoms with van der Waals surface area (Å²) < 4.78 is 6.53. The fraction of sp³-hybridized carbons (Fsp3) is 0.176. The van der Waals surface area contributed by atoms with E-state index in [1.54, 1.807) is 30.5 Å². The van der Waals surface area contributed by atoms with Gasteiger partial charge >= 0.3 is 0 Å². The molecule has 1 atom stereocenters. The highest BCUT2D eigenvalue weighted by atomic mass is 16.6. The molecule has 0 saturated carbocycles. The molecule has 0 aliphatic rings. The molecule has 3 rings (SSSR count). The largest absolute Gasteiger partial charge is 0.491 e. The standard InChI is InChI=1S/C17H15N3O5/c21-14(11-25-15-6-3-5-13(8-15)20(23)24)10-19-17(22)16-7-2-1-4-12(16)9-18-19/h1-9,14,21H,10-11H2. The van der Waals surface area contributed by atoms with Gasteiger partial charge in [0, 0.05) is 11.5 Å². The van der Waals surface area contributed by atoms with Gasteiger partial charge in [-0.05, 0) is 12.1 Å². The lowest BCUT2D eigenvalue weighted by Crippen LogP contribution is -2.31. The summed E-state index contributed by atoms with van der Waals surface area (Å²) in [5, 5.41) is 26.1. The number of ether oxygens (including phenoxy) is 1. The van der Waals surface area contributed by atoms with Crippen LogP contribution in [0.15, 0.2) is 59.5 Å². The Hall–Kier alpha value is -3.26. The quantitative estimate of drug-likeness (QED) is 0.540. The van der Waals surface area contributed by atoms with Crippen LogP contribution in [0.1, 0.15) is 0 Å². The number of aromatic nitrogens is 2. The highest BCUT2D eigenvalue weighted by molar-refractivity contribution is 5.80. The van der Waals surface area contributed by atoms with Crippen molar-refractivity contribution in [3.63, 3.8) is 0 Å². The number of aliphatic hydroxyl groups excluding tert-OH is 1. The molecule has 0 aliphatic carbocycles. The monoisotopic (exact) mass is 341 g/mol. The van der Waals surface area contributed by atoms with Gasteiger partial charge in [-0.1, -0.05) is 24.3 Å². The smallest absolute Gasteiger partial charge is 0.274 e. The number of rotatable bonds is 6. The minimum absolute atomic E-state index is 0.0431. The first-order valence-corrected chi connectivity index (χ1v) is 7.55. The maximum Gasteiger partial charge on any atom is 0.274 e. The van der Waals surface area contributed by atoms with E-state index in [0.717, 1.165) is 5.39 Å². The van der Waals surface area contributed by atoms with Crippen LogP contribution in [-0.4, -0.2) is 32.5 Å². The van der Waals surface area contributed by atoms with E-state index in [2.05, 4.69) is 5.10 Å². The number of nitrogens with zero attached hydrogens (tertiary/aromatic N) is 3. The number of benzene rings is 2. The zero-order valence-corrected chi connectivity index (χ0v) is 13.1. The molecule has 1 unspecified atom stereocenters. The molecule has 1 N–H and O–H groups in total. The minimum atomic E-state index is -0.995. The predicted molar refractivity (Wildman–Crippen MR) is 90.6 cm³/mol. The normalized spacial score (nSPS) is 12.0. The van der Waals surface area contributed by atoms with Crippen LogP contribution in [0.4, 0.5) is 5.69 Å². The lowest BCUT2D eigenvalue weighted by Gasteiger charge is -2.13. The second kappa shape index (κ2) is 7.10. The molecule has 0 fully saturated rings. The van der Waals surface area contributed by atoms with E-state index in [9.17, 15) is 20.0 Å². The second-order valence-corrected chi connectivity index (χ2v) is 5.44. The summed E-state index contributed by atoms with van der Waals surface area (Å²) in [5.41, 5.74) is -0.396. The summed E-state index contributed by atoms with van der Waals surface area (Å²) in [6.45, 7) is -0.166. The molecule has 3 aromatic rings. The molecule has 1 aromatic heterocycles. The molecule has 128 valence electrons. The van der Waals surface area contributed by atoms with Crippen molar-refractivity contribution in [3.8, 4) is 5.75 Å². The average Bonchev–Trinajstić information content (AvgIpc) is 2.63. The minimum Gasteiger partial charge on any atom is -0.491 e. The van der Waals surface area contributed by atoms with E-state index < -0.39 is 11.0 Å². The highest BCUT2D eigenvalue weighted by Crippen LogP contribution is 2.19. The summed E-state index contributed by atoms with van der Waals surface area (Å²) in [4.78, 5) is 22.5. The van der Waals surface area contributed by atoms with Crippen LogP contribution in [0.5, 0.6) is 5.75 Å². The number of nitro benzene ring substituents is 1. The van der Waals surface area contributed by atoms with Gasteiger partial charge in [-0.2, -0.15) is 5.10 Å². The number of nitro groups is 1. The van der Waals surface area contributed by atoms with Crippen molar-refractivity contribution in [3.05, 3.63) is 75.2 Å². The van der Waals surface area contributed by atoms with Gasteiger partial charge in [0.15, 0.2) is 0 Å². The Morgan fingerprint density at radius 3 is 2.84 bits per heavy atom. The first kappa shape index (κ1) is 16.6. The molecule has 8 nitrogen and oxygen atoms in total. The van der Waals surface area contributed by atoms with Crippen LogP contribution in [0.2, 0.25) is 0 Å². The number of non-ortho nitro benzene ring substituents is 1. The number of fused-ring (bicyclic) bond motifs is 1. The highest BCUT2D eigenvalue weighted by Gasteiger charge is 2.12. The van der Waals surface area contributed by atoms with E-state index >= 15 is 0 Å². The summed E-state index contributed by atoms with van der Waals surface area (Å²) >= 11 is 0. The van der Waals surface area contributed by atoms with Crippen molar-refractivity contribution in [1.82, 2.24) is 9.78 Å². The number of hydrogen-bond donors (Lipinski definition) is 1. The van der Waals surface area contributed by atoms with Crippen molar-refractivity contribution in [2.75, 3.05) is 6.61 Å². The molecule has 0 saturated heterocycles. The van der Waals surface area contributed by atoms with Gasteiger partial charge in [-0.15, -0.1) is 0 Å². The van der Waals surface area contributed by atoms with Crippen LogP contribution in [0.3, 0.4) is 0 Å². The van der Waals surface area contributed by atoms with Gasteiger partial charge in [0.25, 0.3) is 11.2 Å². The lowest BCUT2D eigenvalue weighted by molar-refractivity contribution is -0.384. The van der Waals surface area contributed by atoms with Gasteiger partial charge < -0.3 is 9.84 Å². The second-order valence-electron chi connectivity index (χ2n) is 5.44. The van der Waals surface area contributed by atoms with Crippen molar-refractivity contribution < 1.29 is 14.8 Å². The zero-order valence-electron chi connectivity index (χ0n) is 13.1. The molecule has 0 aliphatic heterocycles. The Balaban J connectivity index is 1.68. The van der Waals surface area contributed by atoms with Crippen LogP contribution in [-0.2, 0) is 6.54 Å². The molecule has 8 heteroatoms. The summed E-state index contributed by atoms with van der Waals surface area (Å²) in [6, 6.07) is 12.7. The van der Waals surface area contributed by atoms with E-state index in [1.165, 1.54) is 22.9 Å². The molecule has 25 heavy (non-hydrogen) atoms. The fourth-order valence-electron chi connectivity index (χ4n) is 2.39. The average molecular weight is 341 g/mol. The SMILES string of the molecule is O=c1c2ccccc2cnn1CC(O)COc1cccc([N+](=O)[O-])c1. The number of hydrogen-bond acceptors (Lipinski definition) is 6. The molecule has 0 amide bonds. The van der Waals surface area contributed by atoms with Gasteiger partial charge in [-0.25, -0.2) is 4.68 Å². The van der Waals surface area contributed by atoms with Crippen molar-refractivity contribution in [1.29, 1.82) is 0 Å². The fourth-order valence-corrected chi connectivity index (χ4v) is 2.39. The molecule has 2 aromatic carbocycles. The lowest BCUT2D eigenvalue weighted by atomic mass is 10.2. The van der Waals surface area contributed by atoms with Crippen molar-refractivity contribution in [2.24, 2.45) is 0 Å². The molecular weight excluding hydrogens is 326 g/mol. The van der Waals surface area contributed by atoms with Crippen molar-refractivity contribution >= 4 is 16.5 Å². The van der Waals surface area contributed by atoms with E-state index in [4.69, 9.17) is 4.74 Å². The van der Waals surface area contributed by atoms with E-state index in [1.807, 2.05) is 6.07 Å². The summed E-state index contributed by atoms with van der Waals surface area (Å²) in [5.74, 6) is 0.270. The Morgan fingerprint density at radius 1 is 1.24 bits per heavy atom. The Morgan fingerprint density at radius 2 is 2.04 bits per heavy atom. The van der Waals surface area contributed by atoms with Crippen LogP contribution in [0, 0.1) is 10.1 Å². The van der Waals surface area contributed by atoms with Gasteiger partial charge in [0.2, 0.25) is 0 Å². The van der Waals surface area contributed by atoms with E-state index in [-0.39, 0.29) is 30.1 Å². The Bertz CT molecular complexity index is 970. The first-order chi connectivity index (χ1) is 12.0. The zero-order chi connectivity index (χ0) is 17.8. The van der Waals surface area contributed by atoms with Crippen LogP contribution >= 0.6 is 0 Å². The van der Waals surface area contributed by atoms with Crippen LogP contribution in [0.25, 0.3) is 10.8 Å². The van der Waals surface area contributed by atoms with Gasteiger partial charge in [0.05, 0.1) is 29.1 Å². The first-order valence-electron chi connectivity index (χ1n) is 7.55. The summed E-state index contributed by atoms with van der Waals surface area (Å²) in [6.07, 6.45) is 0.566. The number of aliphatic hydroxyl groups is 1. The van der Waals surface area contributed by atoms with Crippen LogP contribution < -0.4 is 10.3 Å². The maximum absolute atomic E-state index is 12.3. The third kappa shape index (κ3) is 3.81. The van der Waals surface area contributed by atoms with Gasteiger partial charge in [0.1, 0.15) is 18.5 Å². The Kier molecular flexibility index (Phi) is 4.71. The van der Waals surface area contributed by atoms with E-state index in [0.29, 0.717) is 5.39 Å². The molecule has 0 spiro atoms. The van der Waals surface area contributed by atoms with Crippen molar-refractivity contribution in [2.45, 2.75) is 12.6 Å².